The predicted octanol–water partition coefficient (Wildman–Crippen LogP) is 0.917. The van der Waals surface area contributed by atoms with Crippen molar-refractivity contribution in [2.45, 2.75) is 24.5 Å². The number of benzene rings is 1. The maximum Gasteiger partial charge on any atom is 0.323 e. The number of nitrogens with one attached hydrogen (secondary N) is 1. The molecule has 0 bridgehead atoms. The Balaban J connectivity index is 2.22. The Bertz CT molecular complexity index is 502. The molecule has 0 radical (unpaired) electrons. The lowest BCUT2D eigenvalue weighted by Gasteiger charge is -2.14. The zero-order valence-electron chi connectivity index (χ0n) is 11.2. The molecule has 1 heterocycles. The summed E-state index contributed by atoms with van der Waals surface area (Å²) in [6, 6.07) is 4.97. The van der Waals surface area contributed by atoms with E-state index in [1.165, 1.54) is 7.11 Å². The quantitative estimate of drug-likeness (QED) is 0.501. The summed E-state index contributed by atoms with van der Waals surface area (Å²) in [5.41, 5.74) is 0.749. The van der Waals surface area contributed by atoms with Crippen LogP contribution in [0.2, 0.25) is 0 Å². The Kier molecular flexibility index (Phi) is 4.19. The molecule has 1 aromatic rings. The summed E-state index contributed by atoms with van der Waals surface area (Å²) in [5, 5.41) is 14.1. The van der Waals surface area contributed by atoms with Crippen LogP contribution in [0.4, 0.5) is 0 Å². The van der Waals surface area contributed by atoms with Gasteiger partial charge in [-0.25, -0.2) is 0 Å². The van der Waals surface area contributed by atoms with Crippen molar-refractivity contribution in [2.75, 3.05) is 14.2 Å². The van der Waals surface area contributed by atoms with E-state index in [1.54, 1.807) is 31.4 Å². The van der Waals surface area contributed by atoms with Gasteiger partial charge in [0, 0.05) is 11.3 Å². The van der Waals surface area contributed by atoms with E-state index in [0.29, 0.717) is 5.75 Å². The number of nitro groups is 1. The van der Waals surface area contributed by atoms with Gasteiger partial charge in [-0.15, -0.1) is 0 Å². The minimum Gasteiger partial charge on any atom is -0.497 e. The minimum atomic E-state index is -0.854. The van der Waals surface area contributed by atoms with Crippen LogP contribution >= 0.6 is 0 Å². The van der Waals surface area contributed by atoms with Gasteiger partial charge in [0.1, 0.15) is 17.8 Å². The van der Waals surface area contributed by atoms with Gasteiger partial charge in [0.2, 0.25) is 6.04 Å². The van der Waals surface area contributed by atoms with Gasteiger partial charge >= 0.3 is 5.97 Å². The average molecular weight is 280 g/mol. The first-order valence-electron chi connectivity index (χ1n) is 6.18. The second-order valence-corrected chi connectivity index (χ2v) is 4.58. The van der Waals surface area contributed by atoms with Crippen LogP contribution in [0.25, 0.3) is 0 Å². The third kappa shape index (κ3) is 2.72. The van der Waals surface area contributed by atoms with E-state index in [0.717, 1.165) is 5.56 Å². The van der Waals surface area contributed by atoms with Crippen molar-refractivity contribution in [3.8, 4) is 5.75 Å². The van der Waals surface area contributed by atoms with E-state index in [9.17, 15) is 14.9 Å². The highest BCUT2D eigenvalue weighted by molar-refractivity contribution is 5.76. The molecule has 0 amide bonds. The Hall–Kier alpha value is -2.15. The fraction of sp³-hybridized carbons (Fsp3) is 0.462. The molecule has 0 spiro atoms. The zero-order valence-corrected chi connectivity index (χ0v) is 11.2. The van der Waals surface area contributed by atoms with Gasteiger partial charge in [-0.05, 0) is 17.7 Å². The lowest BCUT2D eigenvalue weighted by Crippen LogP contribution is -2.33. The van der Waals surface area contributed by atoms with Gasteiger partial charge in [0.15, 0.2) is 0 Å². The minimum absolute atomic E-state index is 0.121. The molecular weight excluding hydrogens is 264 g/mol. The van der Waals surface area contributed by atoms with Crippen molar-refractivity contribution < 1.29 is 19.2 Å². The number of hydrogen-bond donors (Lipinski definition) is 1. The van der Waals surface area contributed by atoms with Gasteiger partial charge in [-0.2, -0.15) is 0 Å². The van der Waals surface area contributed by atoms with Crippen molar-refractivity contribution in [1.82, 2.24) is 5.32 Å². The van der Waals surface area contributed by atoms with Crippen molar-refractivity contribution >= 4 is 5.97 Å². The summed E-state index contributed by atoms with van der Waals surface area (Å²) in [7, 11) is 2.82. The number of hydrogen-bond acceptors (Lipinski definition) is 6. The SMILES string of the molecule is COC(=O)C1CC([N+](=O)[O-])C(c2ccc(OC)cc2)N1. The van der Waals surface area contributed by atoms with E-state index in [2.05, 4.69) is 10.1 Å². The molecule has 1 aliphatic rings. The molecule has 20 heavy (non-hydrogen) atoms. The number of rotatable bonds is 4. The number of methoxy groups -OCH3 is 2. The molecular formula is C13H16N2O5. The number of carbonyl (C=O) groups is 1. The summed E-state index contributed by atoms with van der Waals surface area (Å²) in [5.74, 6) is 0.196. The van der Waals surface area contributed by atoms with Crippen LogP contribution in [0.5, 0.6) is 5.75 Å². The summed E-state index contributed by atoms with van der Waals surface area (Å²) in [6.45, 7) is 0. The molecule has 1 fully saturated rings. The standard InChI is InChI=1S/C13H16N2O5/c1-19-9-5-3-8(4-6-9)12-11(15(17)18)7-10(14-12)13(16)20-2/h3-6,10-12,14H,7H2,1-2H3. The highest BCUT2D eigenvalue weighted by Crippen LogP contribution is 2.30. The van der Waals surface area contributed by atoms with Crippen LogP contribution < -0.4 is 10.1 Å². The van der Waals surface area contributed by atoms with E-state index >= 15 is 0 Å². The molecule has 0 aliphatic carbocycles. The first-order chi connectivity index (χ1) is 9.56. The molecule has 1 N–H and O–H groups in total. The summed E-state index contributed by atoms with van der Waals surface area (Å²) < 4.78 is 9.69. The smallest absolute Gasteiger partial charge is 0.323 e. The fourth-order valence-corrected chi connectivity index (χ4v) is 2.42. The maximum absolute atomic E-state index is 11.5. The fourth-order valence-electron chi connectivity index (χ4n) is 2.42. The van der Waals surface area contributed by atoms with Gasteiger partial charge in [-0.1, -0.05) is 12.1 Å². The van der Waals surface area contributed by atoms with Crippen LogP contribution in [0.15, 0.2) is 24.3 Å². The van der Waals surface area contributed by atoms with Crippen LogP contribution in [0, 0.1) is 10.1 Å². The first kappa shape index (κ1) is 14.3. The van der Waals surface area contributed by atoms with Crippen LogP contribution in [0.3, 0.4) is 0 Å². The number of ether oxygens (including phenoxy) is 2. The second-order valence-electron chi connectivity index (χ2n) is 4.58. The molecule has 0 saturated carbocycles. The second kappa shape index (κ2) is 5.87. The van der Waals surface area contributed by atoms with Gasteiger partial charge in [-0.3, -0.25) is 20.2 Å². The topological polar surface area (TPSA) is 90.7 Å². The lowest BCUT2D eigenvalue weighted by atomic mass is 10.0. The van der Waals surface area contributed by atoms with Crippen LogP contribution in [-0.2, 0) is 9.53 Å². The highest BCUT2D eigenvalue weighted by atomic mass is 16.6. The van der Waals surface area contributed by atoms with Crippen molar-refractivity contribution in [3.63, 3.8) is 0 Å². The molecule has 1 aromatic carbocycles. The first-order valence-corrected chi connectivity index (χ1v) is 6.18. The summed E-state index contributed by atoms with van der Waals surface area (Å²) in [6.07, 6.45) is 0.121. The Morgan fingerprint density at radius 3 is 2.50 bits per heavy atom. The molecule has 2 rings (SSSR count). The molecule has 1 saturated heterocycles. The predicted molar refractivity (Wildman–Crippen MR) is 70.1 cm³/mol. The number of esters is 1. The number of nitrogens with zero attached hydrogens (tertiary/aromatic N) is 1. The van der Waals surface area contributed by atoms with E-state index in [-0.39, 0.29) is 11.3 Å². The third-order valence-electron chi connectivity index (χ3n) is 3.47. The molecule has 0 aromatic heterocycles. The third-order valence-corrected chi connectivity index (χ3v) is 3.47. The molecule has 3 unspecified atom stereocenters. The van der Waals surface area contributed by atoms with Crippen LogP contribution in [0.1, 0.15) is 18.0 Å². The Morgan fingerprint density at radius 2 is 2.00 bits per heavy atom. The van der Waals surface area contributed by atoms with Crippen molar-refractivity contribution in [1.29, 1.82) is 0 Å². The molecule has 3 atom stereocenters. The molecule has 7 heteroatoms. The Morgan fingerprint density at radius 1 is 1.35 bits per heavy atom. The normalized spacial score (nSPS) is 25.2. The summed E-state index contributed by atoms with van der Waals surface area (Å²) in [4.78, 5) is 22.3. The van der Waals surface area contributed by atoms with Gasteiger partial charge in [0.25, 0.3) is 0 Å². The van der Waals surface area contributed by atoms with Gasteiger partial charge in [0.05, 0.1) is 14.2 Å². The largest absolute Gasteiger partial charge is 0.497 e. The van der Waals surface area contributed by atoms with E-state index in [1.807, 2.05) is 0 Å². The summed E-state index contributed by atoms with van der Waals surface area (Å²) >= 11 is 0. The zero-order chi connectivity index (χ0) is 14.7. The number of carbonyl (C=O) groups excluding carboxylic acids is 1. The Labute approximate surface area is 116 Å². The molecule has 7 nitrogen and oxygen atoms in total. The van der Waals surface area contributed by atoms with E-state index in [4.69, 9.17) is 4.74 Å². The highest BCUT2D eigenvalue weighted by Gasteiger charge is 2.45. The van der Waals surface area contributed by atoms with Crippen molar-refractivity contribution in [3.05, 3.63) is 39.9 Å². The van der Waals surface area contributed by atoms with Crippen LogP contribution in [-0.4, -0.2) is 37.2 Å². The van der Waals surface area contributed by atoms with Gasteiger partial charge < -0.3 is 9.47 Å². The molecule has 1 aliphatic heterocycles. The van der Waals surface area contributed by atoms with E-state index < -0.39 is 24.1 Å². The lowest BCUT2D eigenvalue weighted by molar-refractivity contribution is -0.524. The average Bonchev–Trinajstić information content (AvgIpc) is 2.92. The molecule has 108 valence electrons. The maximum atomic E-state index is 11.5. The van der Waals surface area contributed by atoms with Crippen molar-refractivity contribution in [2.24, 2.45) is 0 Å². The monoisotopic (exact) mass is 280 g/mol.